The number of aromatic nitrogens is 3. The molecule has 8 nitrogen and oxygen atoms in total. The lowest BCUT2D eigenvalue weighted by atomic mass is 10.1. The highest BCUT2D eigenvalue weighted by Gasteiger charge is 2.17. The van der Waals surface area contributed by atoms with Gasteiger partial charge in [0, 0.05) is 12.6 Å². The highest BCUT2D eigenvalue weighted by Crippen LogP contribution is 2.09. The highest BCUT2D eigenvalue weighted by molar-refractivity contribution is 6.10. The third-order valence-corrected chi connectivity index (χ3v) is 3.26. The number of hydrogen-bond donors (Lipinski definition) is 1. The van der Waals surface area contributed by atoms with Gasteiger partial charge in [0.2, 0.25) is 5.82 Å². The molecule has 2 heterocycles. The third-order valence-electron chi connectivity index (χ3n) is 3.26. The fourth-order valence-corrected chi connectivity index (χ4v) is 2.05. The maximum atomic E-state index is 11.5. The molecule has 0 atom stereocenters. The zero-order valence-electron chi connectivity index (χ0n) is 12.9. The van der Waals surface area contributed by atoms with Gasteiger partial charge in [-0.15, -0.1) is 0 Å². The number of nitrogens with two attached hydrogens (primary N) is 1. The number of hydrogen-bond acceptors (Lipinski definition) is 7. The van der Waals surface area contributed by atoms with Gasteiger partial charge in [0.25, 0.3) is 0 Å². The maximum Gasteiger partial charge on any atom is 0.441 e. The number of anilines is 1. The first kappa shape index (κ1) is 15.5. The van der Waals surface area contributed by atoms with Gasteiger partial charge in [0.15, 0.2) is 12.3 Å². The van der Waals surface area contributed by atoms with E-state index in [0.29, 0.717) is 17.2 Å². The lowest BCUT2D eigenvalue weighted by molar-refractivity contribution is 0.128. The predicted octanol–water partition coefficient (Wildman–Crippen LogP) is 1.32. The Kier molecular flexibility index (Phi) is 4.37. The molecule has 0 spiro atoms. The molecule has 24 heavy (non-hydrogen) atoms. The van der Waals surface area contributed by atoms with Crippen LogP contribution in [-0.2, 0) is 18.5 Å². The summed E-state index contributed by atoms with van der Waals surface area (Å²) in [5.41, 5.74) is 7.39. The number of pyridine rings is 1. The number of oxime groups is 1. The lowest BCUT2D eigenvalue weighted by Gasteiger charge is -2.05. The fraction of sp³-hybridized carbons (Fsp3) is 0.125. The quantitative estimate of drug-likeness (QED) is 0.560. The zero-order valence-corrected chi connectivity index (χ0v) is 12.9. The number of rotatable bonds is 5. The van der Waals surface area contributed by atoms with Crippen LogP contribution in [0, 0.1) is 0 Å². The second-order valence-electron chi connectivity index (χ2n) is 4.96. The Morgan fingerprint density at radius 1 is 1.25 bits per heavy atom. The molecule has 0 fully saturated rings. The molecule has 0 amide bonds. The monoisotopic (exact) mass is 325 g/mol. The van der Waals surface area contributed by atoms with Crippen LogP contribution in [0.4, 0.5) is 5.82 Å². The van der Waals surface area contributed by atoms with Crippen LogP contribution in [0.3, 0.4) is 0 Å². The summed E-state index contributed by atoms with van der Waals surface area (Å²) in [7, 11) is 1.55. The van der Waals surface area contributed by atoms with Gasteiger partial charge in [-0.1, -0.05) is 46.7 Å². The van der Waals surface area contributed by atoms with Crippen LogP contribution in [0.1, 0.15) is 17.1 Å². The average Bonchev–Trinajstić information content (AvgIpc) is 2.92. The van der Waals surface area contributed by atoms with Crippen molar-refractivity contribution < 1.29 is 9.36 Å². The first-order valence-electron chi connectivity index (χ1n) is 7.15. The molecule has 3 rings (SSSR count). The van der Waals surface area contributed by atoms with Gasteiger partial charge in [-0.3, -0.25) is 9.09 Å². The van der Waals surface area contributed by atoms with E-state index < -0.39 is 5.76 Å². The summed E-state index contributed by atoms with van der Waals surface area (Å²) in [6.07, 6.45) is 0. The molecule has 3 aromatic rings. The standard InChI is InChI=1S/C16H15N5O3/c1-21-15(20-24-16(21)22)14(11-6-3-2-4-7-11)19-23-10-12-8-5-9-13(17)18-12/h2-9H,10H2,1H3,(H2,17,18)/b19-14+. The van der Waals surface area contributed by atoms with E-state index in [2.05, 4.69) is 19.8 Å². The fourth-order valence-electron chi connectivity index (χ4n) is 2.05. The van der Waals surface area contributed by atoms with Crippen LogP contribution in [-0.4, -0.2) is 20.4 Å². The molecular formula is C16H15N5O3. The van der Waals surface area contributed by atoms with Gasteiger partial charge in [0.1, 0.15) is 5.82 Å². The van der Waals surface area contributed by atoms with Crippen molar-refractivity contribution in [3.8, 4) is 0 Å². The molecule has 2 N–H and O–H groups in total. The molecule has 122 valence electrons. The molecule has 0 aliphatic heterocycles. The van der Waals surface area contributed by atoms with Crippen molar-refractivity contribution in [1.29, 1.82) is 0 Å². The largest absolute Gasteiger partial charge is 0.441 e. The maximum absolute atomic E-state index is 11.5. The molecule has 8 heteroatoms. The van der Waals surface area contributed by atoms with E-state index in [1.54, 1.807) is 25.2 Å². The SMILES string of the molecule is Cn1c(/C(=N/OCc2cccc(N)n2)c2ccccc2)noc1=O. The van der Waals surface area contributed by atoms with Crippen LogP contribution < -0.4 is 11.5 Å². The molecule has 0 aliphatic carbocycles. The Hall–Kier alpha value is -3.42. The minimum atomic E-state index is -0.578. The summed E-state index contributed by atoms with van der Waals surface area (Å²) < 4.78 is 5.93. The lowest BCUT2D eigenvalue weighted by Crippen LogP contribution is -2.17. The van der Waals surface area contributed by atoms with Gasteiger partial charge in [-0.25, -0.2) is 9.78 Å². The zero-order chi connectivity index (χ0) is 16.9. The Bertz CT molecular complexity index is 915. The van der Waals surface area contributed by atoms with Crippen molar-refractivity contribution in [2.24, 2.45) is 12.2 Å². The van der Waals surface area contributed by atoms with Crippen LogP contribution in [0.2, 0.25) is 0 Å². The van der Waals surface area contributed by atoms with E-state index in [1.807, 2.05) is 30.3 Å². The summed E-state index contributed by atoms with van der Waals surface area (Å²) >= 11 is 0. The molecule has 0 radical (unpaired) electrons. The van der Waals surface area contributed by atoms with Crippen molar-refractivity contribution in [2.45, 2.75) is 6.61 Å². The molecule has 0 saturated carbocycles. The van der Waals surface area contributed by atoms with Crippen LogP contribution in [0.15, 0.2) is 63.0 Å². The van der Waals surface area contributed by atoms with Crippen molar-refractivity contribution >= 4 is 11.5 Å². The summed E-state index contributed by atoms with van der Waals surface area (Å²) in [6, 6.07) is 14.5. The van der Waals surface area contributed by atoms with Crippen molar-refractivity contribution in [2.75, 3.05) is 5.73 Å². The Labute approximate surface area is 137 Å². The van der Waals surface area contributed by atoms with E-state index >= 15 is 0 Å². The topological polar surface area (TPSA) is 109 Å². The van der Waals surface area contributed by atoms with E-state index in [9.17, 15) is 4.79 Å². The number of nitrogen functional groups attached to an aromatic ring is 1. The average molecular weight is 325 g/mol. The van der Waals surface area contributed by atoms with Crippen LogP contribution in [0.25, 0.3) is 0 Å². The molecule has 1 aromatic carbocycles. The Morgan fingerprint density at radius 3 is 2.71 bits per heavy atom. The molecule has 0 unspecified atom stereocenters. The second kappa shape index (κ2) is 6.78. The van der Waals surface area contributed by atoms with E-state index in [0.717, 1.165) is 5.56 Å². The smallest absolute Gasteiger partial charge is 0.389 e. The number of benzene rings is 1. The second-order valence-corrected chi connectivity index (χ2v) is 4.96. The predicted molar refractivity (Wildman–Crippen MR) is 87.3 cm³/mol. The summed E-state index contributed by atoms with van der Waals surface area (Å²) in [6.45, 7) is 0.132. The molecule has 0 bridgehead atoms. The Morgan fingerprint density at radius 2 is 2.04 bits per heavy atom. The van der Waals surface area contributed by atoms with Gasteiger partial charge in [-0.2, -0.15) is 0 Å². The molecule has 0 saturated heterocycles. The highest BCUT2D eigenvalue weighted by atomic mass is 16.6. The molecule has 2 aromatic heterocycles. The van der Waals surface area contributed by atoms with Crippen molar-refractivity contribution in [1.82, 2.24) is 14.7 Å². The van der Waals surface area contributed by atoms with Gasteiger partial charge in [-0.05, 0) is 12.1 Å². The van der Waals surface area contributed by atoms with E-state index in [1.165, 1.54) is 4.57 Å². The first-order valence-corrected chi connectivity index (χ1v) is 7.15. The summed E-state index contributed by atoms with van der Waals surface area (Å²) in [4.78, 5) is 21.0. The first-order chi connectivity index (χ1) is 11.6. The van der Waals surface area contributed by atoms with Crippen molar-refractivity contribution in [3.63, 3.8) is 0 Å². The summed E-state index contributed by atoms with van der Waals surface area (Å²) in [5.74, 6) is 0.0973. The van der Waals surface area contributed by atoms with Crippen LogP contribution >= 0.6 is 0 Å². The minimum absolute atomic E-state index is 0.132. The minimum Gasteiger partial charge on any atom is -0.389 e. The van der Waals surface area contributed by atoms with Crippen molar-refractivity contribution in [3.05, 3.63) is 76.2 Å². The number of nitrogens with zero attached hydrogens (tertiary/aromatic N) is 4. The van der Waals surface area contributed by atoms with Gasteiger partial charge >= 0.3 is 5.76 Å². The van der Waals surface area contributed by atoms with Crippen LogP contribution in [0.5, 0.6) is 0 Å². The molecule has 0 aliphatic rings. The summed E-state index contributed by atoms with van der Waals surface area (Å²) in [5, 5.41) is 7.88. The normalized spacial score (nSPS) is 11.5. The van der Waals surface area contributed by atoms with Gasteiger partial charge < -0.3 is 10.6 Å². The van der Waals surface area contributed by atoms with E-state index in [-0.39, 0.29) is 12.4 Å². The molecular weight excluding hydrogens is 310 g/mol. The van der Waals surface area contributed by atoms with E-state index in [4.69, 9.17) is 10.6 Å². The Balaban J connectivity index is 1.90. The van der Waals surface area contributed by atoms with Gasteiger partial charge in [0.05, 0.1) is 5.69 Å². The third kappa shape index (κ3) is 3.32.